The lowest BCUT2D eigenvalue weighted by molar-refractivity contribution is -0.120. The van der Waals surface area contributed by atoms with Crippen molar-refractivity contribution in [3.8, 4) is 17.4 Å². The molecule has 1 unspecified atom stereocenters. The second kappa shape index (κ2) is 10.00. The molecule has 3 rings (SSSR count). The second-order valence-corrected chi connectivity index (χ2v) is 13.9. The van der Waals surface area contributed by atoms with Crippen molar-refractivity contribution in [2.24, 2.45) is 0 Å². The van der Waals surface area contributed by atoms with Gasteiger partial charge in [-0.05, 0) is 35.0 Å². The van der Waals surface area contributed by atoms with E-state index in [9.17, 15) is 14.7 Å². The number of carbonyl (C=O) groups is 2. The average Bonchev–Trinajstić information content (AvgIpc) is 3.24. The Morgan fingerprint density at radius 2 is 1.68 bits per heavy atom. The molecule has 3 aromatic rings. The fraction of sp³-hybridized carbons (Fsp3) is 0.292. The number of ether oxygens (including phenoxy) is 2. The average molecular weight is 484 g/mol. The Hall–Kier alpha value is -3.79. The number of hydrogen-bond acceptors (Lipinski definition) is 7. The Kier molecular flexibility index (Phi) is 7.31. The summed E-state index contributed by atoms with van der Waals surface area (Å²) < 4.78 is 15.6. The zero-order chi connectivity index (χ0) is 25.0. The zero-order valence-electron chi connectivity index (χ0n) is 20.1. The first kappa shape index (κ1) is 24.8. The van der Waals surface area contributed by atoms with Gasteiger partial charge in [0.25, 0.3) is 17.7 Å². The van der Waals surface area contributed by atoms with Crippen molar-refractivity contribution in [1.29, 1.82) is 0 Å². The number of hydrogen-bond donors (Lipinski definition) is 2. The van der Waals surface area contributed by atoms with E-state index in [1.54, 1.807) is 18.2 Å². The molecule has 0 bridgehead atoms. The first-order valence-electron chi connectivity index (χ1n) is 10.6. The molecule has 1 heterocycles. The van der Waals surface area contributed by atoms with Crippen LogP contribution in [0.25, 0.3) is 0 Å². The highest BCUT2D eigenvalue weighted by atomic mass is 28.3. The molecule has 0 saturated carbocycles. The van der Waals surface area contributed by atoms with Gasteiger partial charge < -0.3 is 29.3 Å². The molecular weight excluding hydrogens is 454 g/mol. The van der Waals surface area contributed by atoms with Crippen LogP contribution >= 0.6 is 0 Å². The molecule has 2 aromatic carbocycles. The largest absolute Gasteiger partial charge is 0.493 e. The number of methoxy groups -OCH3 is 2. The summed E-state index contributed by atoms with van der Waals surface area (Å²) in [4.78, 5) is 27.7. The molecule has 1 atom stereocenters. The van der Waals surface area contributed by atoms with E-state index in [0.29, 0.717) is 22.7 Å². The molecule has 2 amide bonds. The van der Waals surface area contributed by atoms with Gasteiger partial charge >= 0.3 is 0 Å². The highest BCUT2D eigenvalue weighted by Crippen LogP contribution is 2.33. The summed E-state index contributed by atoms with van der Waals surface area (Å²) in [6.07, 6.45) is 0. The van der Waals surface area contributed by atoms with E-state index >= 15 is 0 Å². The van der Waals surface area contributed by atoms with Gasteiger partial charge in [-0.3, -0.25) is 9.59 Å². The van der Waals surface area contributed by atoms with Crippen molar-refractivity contribution < 1.29 is 28.7 Å². The molecule has 1 aromatic heterocycles. The van der Waals surface area contributed by atoms with Gasteiger partial charge in [-0.15, -0.1) is 0 Å². The van der Waals surface area contributed by atoms with Crippen molar-refractivity contribution in [3.63, 3.8) is 0 Å². The summed E-state index contributed by atoms with van der Waals surface area (Å²) in [5, 5.41) is 17.0. The molecule has 0 aliphatic rings. The molecule has 0 radical (unpaired) electrons. The van der Waals surface area contributed by atoms with Crippen molar-refractivity contribution >= 4 is 30.8 Å². The van der Waals surface area contributed by atoms with E-state index in [1.807, 2.05) is 24.3 Å². The fourth-order valence-corrected chi connectivity index (χ4v) is 4.66. The maximum absolute atomic E-state index is 13.5. The minimum atomic E-state index is -1.49. The highest BCUT2D eigenvalue weighted by Gasteiger charge is 2.32. The van der Waals surface area contributed by atoms with Crippen LogP contribution in [-0.4, -0.2) is 56.3 Å². The first-order valence-corrected chi connectivity index (χ1v) is 14.1. The number of carbonyl (C=O) groups excluding carboxylic acids is 2. The number of benzene rings is 2. The van der Waals surface area contributed by atoms with Gasteiger partial charge in [0.05, 0.1) is 28.4 Å². The van der Waals surface area contributed by atoms with Gasteiger partial charge in [0.1, 0.15) is 6.04 Å². The SMILES string of the molecule is COc1ccc(C(C(=O)Nc2ccc([Si](C)(C)C)cc2)N(C)C(=O)c2cc(O)no2)cc1OC. The Morgan fingerprint density at radius 3 is 2.21 bits per heavy atom. The molecular formula is C24H29N3O6Si. The minimum Gasteiger partial charge on any atom is -0.493 e. The molecule has 0 fully saturated rings. The molecule has 9 nitrogen and oxygen atoms in total. The van der Waals surface area contributed by atoms with Crippen LogP contribution in [0, 0.1) is 0 Å². The third kappa shape index (κ3) is 5.40. The molecule has 0 spiro atoms. The van der Waals surface area contributed by atoms with Crippen LogP contribution in [0.1, 0.15) is 22.2 Å². The number of amides is 2. The van der Waals surface area contributed by atoms with Gasteiger partial charge in [0.15, 0.2) is 11.5 Å². The van der Waals surface area contributed by atoms with E-state index in [4.69, 9.17) is 14.0 Å². The van der Waals surface area contributed by atoms with Crippen molar-refractivity contribution in [1.82, 2.24) is 10.1 Å². The second-order valence-electron chi connectivity index (χ2n) is 8.80. The fourth-order valence-electron chi connectivity index (χ4n) is 3.50. The van der Waals surface area contributed by atoms with Crippen molar-refractivity contribution in [2.75, 3.05) is 26.6 Å². The van der Waals surface area contributed by atoms with Crippen LogP contribution in [0.15, 0.2) is 53.1 Å². The number of rotatable bonds is 8. The molecule has 0 aliphatic heterocycles. The lowest BCUT2D eigenvalue weighted by Gasteiger charge is -2.27. The molecule has 0 aliphatic carbocycles. The molecule has 34 heavy (non-hydrogen) atoms. The van der Waals surface area contributed by atoms with Crippen molar-refractivity contribution in [2.45, 2.75) is 25.7 Å². The smallest absolute Gasteiger partial charge is 0.293 e. The number of aromatic nitrogens is 1. The lowest BCUT2D eigenvalue weighted by Crippen LogP contribution is -2.39. The van der Waals surface area contributed by atoms with Gasteiger partial charge in [-0.1, -0.05) is 43.0 Å². The molecule has 180 valence electrons. The summed E-state index contributed by atoms with van der Waals surface area (Å²) in [5.74, 6) is -0.787. The first-order chi connectivity index (χ1) is 16.0. The Morgan fingerprint density at radius 1 is 1.03 bits per heavy atom. The lowest BCUT2D eigenvalue weighted by atomic mass is 10.0. The highest BCUT2D eigenvalue weighted by molar-refractivity contribution is 6.88. The molecule has 10 heteroatoms. The molecule has 2 N–H and O–H groups in total. The third-order valence-electron chi connectivity index (χ3n) is 5.41. The van der Waals surface area contributed by atoms with E-state index in [-0.39, 0.29) is 5.76 Å². The Labute approximate surface area is 199 Å². The summed E-state index contributed by atoms with van der Waals surface area (Å²) in [6, 6.07) is 12.8. The number of anilines is 1. The summed E-state index contributed by atoms with van der Waals surface area (Å²) in [6.45, 7) is 6.74. The number of nitrogens with zero attached hydrogens (tertiary/aromatic N) is 2. The van der Waals surface area contributed by atoms with Crippen LogP contribution < -0.4 is 20.0 Å². The van der Waals surface area contributed by atoms with E-state index < -0.39 is 31.8 Å². The molecule has 0 saturated heterocycles. The summed E-state index contributed by atoms with van der Waals surface area (Å²) >= 11 is 0. The minimum absolute atomic E-state index is 0.197. The van der Waals surface area contributed by atoms with E-state index in [0.717, 1.165) is 6.07 Å². The Bertz CT molecular complexity index is 1170. The monoisotopic (exact) mass is 483 g/mol. The van der Waals surface area contributed by atoms with E-state index in [1.165, 1.54) is 31.4 Å². The normalized spacial score (nSPS) is 12.1. The van der Waals surface area contributed by atoms with Crippen LogP contribution in [-0.2, 0) is 4.79 Å². The topological polar surface area (TPSA) is 114 Å². The standard InChI is InChI=1S/C24H29N3O6Si/c1-27(24(30)20-14-21(28)26-33-20)22(15-7-12-18(31-2)19(13-15)32-3)23(29)25-16-8-10-17(11-9-16)34(4,5)6/h7-14,22H,1-6H3,(H,25,29)(H,26,28). The summed E-state index contributed by atoms with van der Waals surface area (Å²) in [5.41, 5.74) is 1.10. The van der Waals surface area contributed by atoms with Crippen LogP contribution in [0.5, 0.6) is 17.4 Å². The zero-order valence-corrected chi connectivity index (χ0v) is 21.1. The predicted octanol–water partition coefficient (Wildman–Crippen LogP) is 3.39. The summed E-state index contributed by atoms with van der Waals surface area (Å²) in [7, 11) is 2.98. The van der Waals surface area contributed by atoms with E-state index in [2.05, 4.69) is 30.1 Å². The van der Waals surface area contributed by atoms with Crippen LogP contribution in [0.4, 0.5) is 5.69 Å². The van der Waals surface area contributed by atoms with Gasteiger partial charge in [-0.25, -0.2) is 0 Å². The maximum Gasteiger partial charge on any atom is 0.293 e. The third-order valence-corrected chi connectivity index (χ3v) is 7.47. The Balaban J connectivity index is 1.97. The van der Waals surface area contributed by atoms with Crippen LogP contribution in [0.2, 0.25) is 19.6 Å². The van der Waals surface area contributed by atoms with Crippen LogP contribution in [0.3, 0.4) is 0 Å². The number of aromatic hydroxyl groups is 1. The van der Waals surface area contributed by atoms with Crippen molar-refractivity contribution in [3.05, 3.63) is 59.9 Å². The maximum atomic E-state index is 13.5. The van der Waals surface area contributed by atoms with Gasteiger partial charge in [0.2, 0.25) is 5.76 Å². The number of likely N-dealkylation sites (N-methyl/N-ethyl adjacent to an activating group) is 1. The van der Waals surface area contributed by atoms with Gasteiger partial charge in [-0.2, -0.15) is 0 Å². The quantitative estimate of drug-likeness (QED) is 0.472. The van der Waals surface area contributed by atoms with Gasteiger partial charge in [0, 0.05) is 12.7 Å². The number of nitrogens with one attached hydrogen (secondary N) is 1. The predicted molar refractivity (Wildman–Crippen MR) is 131 cm³/mol.